The number of rotatable bonds is 5. The van der Waals surface area contributed by atoms with E-state index in [1.165, 1.54) is 0 Å². The predicted octanol–water partition coefficient (Wildman–Crippen LogP) is 3.79. The summed E-state index contributed by atoms with van der Waals surface area (Å²) < 4.78 is 5.73. The summed E-state index contributed by atoms with van der Waals surface area (Å²) in [5.74, 6) is 0.588. The van der Waals surface area contributed by atoms with Gasteiger partial charge in [0.25, 0.3) is 5.91 Å². The molecule has 104 valence electrons. The summed E-state index contributed by atoms with van der Waals surface area (Å²) in [4.78, 5) is 12.3. The molecule has 3 heteroatoms. The molecule has 0 spiro atoms. The van der Waals surface area contributed by atoms with Gasteiger partial charge in [-0.15, -0.1) is 0 Å². The van der Waals surface area contributed by atoms with E-state index in [-0.39, 0.29) is 5.91 Å². The van der Waals surface area contributed by atoms with Crippen molar-refractivity contribution < 1.29 is 9.53 Å². The highest BCUT2D eigenvalue weighted by atomic mass is 16.5. The Labute approximate surface area is 119 Å². The van der Waals surface area contributed by atoms with Crippen LogP contribution in [0, 0.1) is 6.92 Å². The summed E-state index contributed by atoms with van der Waals surface area (Å²) in [7, 11) is 0. The van der Waals surface area contributed by atoms with E-state index in [9.17, 15) is 4.79 Å². The zero-order valence-electron chi connectivity index (χ0n) is 11.8. The van der Waals surface area contributed by atoms with Gasteiger partial charge in [0.2, 0.25) is 0 Å². The lowest BCUT2D eigenvalue weighted by atomic mass is 10.2. The van der Waals surface area contributed by atoms with Crippen LogP contribution >= 0.6 is 0 Å². The minimum atomic E-state index is -0.489. The number of hydrogen-bond acceptors (Lipinski definition) is 2. The van der Waals surface area contributed by atoms with Gasteiger partial charge >= 0.3 is 0 Å². The van der Waals surface area contributed by atoms with Crippen LogP contribution in [0.5, 0.6) is 5.75 Å². The molecule has 0 unspecified atom stereocenters. The van der Waals surface area contributed by atoms with Gasteiger partial charge in [0.1, 0.15) is 5.75 Å². The van der Waals surface area contributed by atoms with Gasteiger partial charge in [-0.3, -0.25) is 4.79 Å². The molecule has 0 aliphatic carbocycles. The molecule has 3 nitrogen and oxygen atoms in total. The van der Waals surface area contributed by atoms with Crippen molar-refractivity contribution in [1.29, 1.82) is 0 Å². The SMILES string of the molecule is CC[C@@H](Oc1ccccc1)C(=O)Nc1ccccc1C. The van der Waals surface area contributed by atoms with Gasteiger partial charge in [-0.25, -0.2) is 0 Å². The topological polar surface area (TPSA) is 38.3 Å². The molecule has 0 saturated carbocycles. The Morgan fingerprint density at radius 3 is 2.40 bits per heavy atom. The summed E-state index contributed by atoms with van der Waals surface area (Å²) >= 11 is 0. The number of ether oxygens (including phenoxy) is 1. The number of anilines is 1. The molecular weight excluding hydrogens is 250 g/mol. The minimum Gasteiger partial charge on any atom is -0.481 e. The highest BCUT2D eigenvalue weighted by molar-refractivity contribution is 5.94. The molecule has 0 aliphatic heterocycles. The van der Waals surface area contributed by atoms with Crippen LogP contribution in [0.15, 0.2) is 54.6 Å². The second-order valence-corrected chi connectivity index (χ2v) is 4.63. The first-order chi connectivity index (χ1) is 9.70. The number of aryl methyl sites for hydroxylation is 1. The van der Waals surface area contributed by atoms with Crippen molar-refractivity contribution in [3.05, 3.63) is 60.2 Å². The Bertz CT molecular complexity index is 566. The highest BCUT2D eigenvalue weighted by Gasteiger charge is 2.18. The first-order valence-electron chi connectivity index (χ1n) is 6.79. The third kappa shape index (κ3) is 3.60. The van der Waals surface area contributed by atoms with E-state index in [4.69, 9.17) is 4.74 Å². The summed E-state index contributed by atoms with van der Waals surface area (Å²) in [6.45, 7) is 3.90. The normalized spacial score (nSPS) is 11.7. The number of carbonyl (C=O) groups is 1. The van der Waals surface area contributed by atoms with Crippen LogP contribution in [0.1, 0.15) is 18.9 Å². The number of nitrogens with one attached hydrogen (secondary N) is 1. The van der Waals surface area contributed by atoms with Crippen molar-refractivity contribution in [3.63, 3.8) is 0 Å². The fourth-order valence-corrected chi connectivity index (χ4v) is 1.91. The van der Waals surface area contributed by atoms with Gasteiger partial charge in [-0.05, 0) is 37.1 Å². The van der Waals surface area contributed by atoms with Crippen LogP contribution in [-0.2, 0) is 4.79 Å². The maximum Gasteiger partial charge on any atom is 0.265 e. The Balaban J connectivity index is 2.04. The lowest BCUT2D eigenvalue weighted by molar-refractivity contribution is -0.122. The van der Waals surface area contributed by atoms with E-state index in [2.05, 4.69) is 5.32 Å². The zero-order valence-corrected chi connectivity index (χ0v) is 11.8. The van der Waals surface area contributed by atoms with Gasteiger partial charge in [0.15, 0.2) is 6.10 Å². The van der Waals surface area contributed by atoms with E-state index in [1.54, 1.807) is 0 Å². The van der Waals surface area contributed by atoms with E-state index < -0.39 is 6.10 Å². The van der Waals surface area contributed by atoms with Crippen LogP contribution in [0.2, 0.25) is 0 Å². The van der Waals surface area contributed by atoms with Crippen molar-refractivity contribution in [2.24, 2.45) is 0 Å². The first-order valence-corrected chi connectivity index (χ1v) is 6.79. The Hall–Kier alpha value is -2.29. The predicted molar refractivity (Wildman–Crippen MR) is 81.0 cm³/mol. The van der Waals surface area contributed by atoms with Crippen LogP contribution in [0.3, 0.4) is 0 Å². The van der Waals surface area contributed by atoms with Crippen LogP contribution in [-0.4, -0.2) is 12.0 Å². The number of carbonyl (C=O) groups excluding carboxylic acids is 1. The number of amides is 1. The summed E-state index contributed by atoms with van der Waals surface area (Å²) in [6.07, 6.45) is 0.129. The molecule has 1 N–H and O–H groups in total. The molecule has 0 bridgehead atoms. The van der Waals surface area contributed by atoms with Gasteiger partial charge in [-0.2, -0.15) is 0 Å². The fourth-order valence-electron chi connectivity index (χ4n) is 1.91. The molecule has 2 aromatic rings. The third-order valence-corrected chi connectivity index (χ3v) is 3.09. The molecule has 1 atom stereocenters. The monoisotopic (exact) mass is 269 g/mol. The van der Waals surface area contributed by atoms with Gasteiger partial charge in [0.05, 0.1) is 0 Å². The average Bonchev–Trinajstić information content (AvgIpc) is 2.48. The van der Waals surface area contributed by atoms with Gasteiger partial charge < -0.3 is 10.1 Å². The smallest absolute Gasteiger partial charge is 0.265 e. The summed E-state index contributed by atoms with van der Waals surface area (Å²) in [6, 6.07) is 17.1. The molecule has 2 aromatic carbocycles. The standard InChI is InChI=1S/C17H19NO2/c1-3-16(20-14-10-5-4-6-11-14)17(19)18-15-12-8-7-9-13(15)2/h4-12,16H,3H2,1-2H3,(H,18,19)/t16-/m1/s1. The Morgan fingerprint density at radius 2 is 1.75 bits per heavy atom. The highest BCUT2D eigenvalue weighted by Crippen LogP contribution is 2.16. The molecule has 0 fully saturated rings. The van der Waals surface area contributed by atoms with Crippen molar-refractivity contribution in [2.75, 3.05) is 5.32 Å². The van der Waals surface area contributed by atoms with E-state index >= 15 is 0 Å². The molecule has 2 rings (SSSR count). The summed E-state index contributed by atoms with van der Waals surface area (Å²) in [5.41, 5.74) is 1.86. The van der Waals surface area contributed by atoms with Crippen molar-refractivity contribution in [2.45, 2.75) is 26.4 Å². The molecule has 0 heterocycles. The average molecular weight is 269 g/mol. The van der Waals surface area contributed by atoms with Crippen LogP contribution < -0.4 is 10.1 Å². The minimum absolute atomic E-state index is 0.120. The lowest BCUT2D eigenvalue weighted by Crippen LogP contribution is -2.32. The van der Waals surface area contributed by atoms with Crippen molar-refractivity contribution in [3.8, 4) is 5.75 Å². The molecule has 0 saturated heterocycles. The van der Waals surface area contributed by atoms with Crippen molar-refractivity contribution in [1.82, 2.24) is 0 Å². The van der Waals surface area contributed by atoms with E-state index in [0.29, 0.717) is 12.2 Å². The van der Waals surface area contributed by atoms with E-state index in [1.807, 2.05) is 68.4 Å². The fraction of sp³-hybridized carbons (Fsp3) is 0.235. The third-order valence-electron chi connectivity index (χ3n) is 3.09. The number of para-hydroxylation sites is 2. The maximum atomic E-state index is 12.3. The second kappa shape index (κ2) is 6.75. The zero-order chi connectivity index (χ0) is 14.4. The van der Waals surface area contributed by atoms with Crippen LogP contribution in [0.25, 0.3) is 0 Å². The molecule has 20 heavy (non-hydrogen) atoms. The van der Waals surface area contributed by atoms with E-state index in [0.717, 1.165) is 11.3 Å². The molecular formula is C17H19NO2. The maximum absolute atomic E-state index is 12.3. The molecule has 0 aliphatic rings. The molecule has 0 aromatic heterocycles. The first kappa shape index (κ1) is 14.1. The second-order valence-electron chi connectivity index (χ2n) is 4.63. The van der Waals surface area contributed by atoms with Gasteiger partial charge in [0, 0.05) is 5.69 Å². The lowest BCUT2D eigenvalue weighted by Gasteiger charge is -2.18. The Morgan fingerprint density at radius 1 is 1.10 bits per heavy atom. The van der Waals surface area contributed by atoms with Crippen molar-refractivity contribution >= 4 is 11.6 Å². The number of benzene rings is 2. The molecule has 1 amide bonds. The largest absolute Gasteiger partial charge is 0.481 e. The van der Waals surface area contributed by atoms with Crippen LogP contribution in [0.4, 0.5) is 5.69 Å². The quantitative estimate of drug-likeness (QED) is 0.896. The Kier molecular flexibility index (Phi) is 4.77. The molecule has 0 radical (unpaired) electrons. The van der Waals surface area contributed by atoms with Gasteiger partial charge in [-0.1, -0.05) is 43.3 Å². The summed E-state index contributed by atoms with van der Waals surface area (Å²) in [5, 5.41) is 2.92. The number of hydrogen-bond donors (Lipinski definition) is 1.